The summed E-state index contributed by atoms with van der Waals surface area (Å²) < 4.78 is 5.33. The van der Waals surface area contributed by atoms with Crippen molar-refractivity contribution in [1.82, 2.24) is 0 Å². The van der Waals surface area contributed by atoms with Gasteiger partial charge in [-0.3, -0.25) is 0 Å². The first-order valence-corrected chi connectivity index (χ1v) is 10.4. The van der Waals surface area contributed by atoms with Crippen molar-refractivity contribution in [1.29, 1.82) is 5.26 Å². The fourth-order valence-corrected chi connectivity index (χ4v) is 3.97. The Hall–Kier alpha value is -2.38. The summed E-state index contributed by atoms with van der Waals surface area (Å²) in [6.07, 6.45) is 3.38. The number of rotatable bonds is 7. The van der Waals surface area contributed by atoms with E-state index >= 15 is 0 Å². The highest BCUT2D eigenvalue weighted by atomic mass is 28.3. The predicted molar refractivity (Wildman–Crippen MR) is 92.6 cm³/mol. The number of hydrogen-bond donors (Lipinski definition) is 0. The summed E-state index contributed by atoms with van der Waals surface area (Å²) in [5, 5.41) is 9.17. The van der Waals surface area contributed by atoms with E-state index in [0.29, 0.717) is 17.4 Å². The second kappa shape index (κ2) is 8.16. The Morgan fingerprint density at radius 2 is 2.00 bits per heavy atom. The second-order valence-corrected chi connectivity index (χ2v) is 10.8. The molecule has 3 nitrogen and oxygen atoms in total. The number of nitrogens with zero attached hydrogens (tertiary/aromatic N) is 1. The average molecular weight is 311 g/mol. The van der Waals surface area contributed by atoms with Gasteiger partial charge < -0.3 is 4.74 Å². The number of allylic oxidation sites excluding steroid dienone is 3. The minimum Gasteiger partial charge on any atom is -0.466 e. The first kappa shape index (κ1) is 17.7. The molecule has 22 heavy (non-hydrogen) atoms. The van der Waals surface area contributed by atoms with Crippen LogP contribution in [-0.4, -0.2) is 20.3 Å². The van der Waals surface area contributed by atoms with Crippen molar-refractivity contribution in [2.75, 3.05) is 6.23 Å². The zero-order valence-electron chi connectivity index (χ0n) is 13.1. The molecule has 0 radical (unpaired) electrons. The lowest BCUT2D eigenvalue weighted by Gasteiger charge is -2.21. The van der Waals surface area contributed by atoms with Crippen molar-refractivity contribution in [3.05, 3.63) is 66.8 Å². The van der Waals surface area contributed by atoms with Crippen molar-refractivity contribution in [3.8, 4) is 6.07 Å². The molecule has 1 aromatic rings. The van der Waals surface area contributed by atoms with E-state index in [1.807, 2.05) is 24.3 Å². The van der Waals surface area contributed by atoms with E-state index in [4.69, 9.17) is 10.00 Å². The lowest BCUT2D eigenvalue weighted by Crippen LogP contribution is -2.34. The number of benzene rings is 1. The van der Waals surface area contributed by atoms with Crippen molar-refractivity contribution in [2.24, 2.45) is 0 Å². The normalized spacial score (nSPS) is 11.4. The number of carbonyl (C=O) groups excluding carboxylic acids is 1. The molecule has 1 aromatic carbocycles. The summed E-state index contributed by atoms with van der Waals surface area (Å²) in [5.74, 6) is -0.481. The standard InChI is InChI=1S/C18H21NO2Si/c1-5-15(2)13-22(3,4)14-21-18(20)11-17(12-19)16-9-7-6-8-10-16/h5-11H,1-2,13-14H2,3-4H3/b17-11+. The molecule has 114 valence electrons. The van der Waals surface area contributed by atoms with Gasteiger partial charge in [0.05, 0.1) is 19.9 Å². The molecule has 0 aliphatic heterocycles. The topological polar surface area (TPSA) is 50.1 Å². The highest BCUT2D eigenvalue weighted by molar-refractivity contribution is 6.78. The van der Waals surface area contributed by atoms with Gasteiger partial charge in [0.1, 0.15) is 6.07 Å². The molecule has 0 saturated heterocycles. The van der Waals surface area contributed by atoms with Crippen LogP contribution in [0.5, 0.6) is 0 Å². The summed E-state index contributed by atoms with van der Waals surface area (Å²) in [6.45, 7) is 11.9. The molecule has 0 heterocycles. The van der Waals surface area contributed by atoms with Crippen LogP contribution in [0, 0.1) is 11.3 Å². The van der Waals surface area contributed by atoms with Gasteiger partial charge in [0.2, 0.25) is 0 Å². The maximum absolute atomic E-state index is 11.9. The largest absolute Gasteiger partial charge is 0.466 e. The van der Waals surface area contributed by atoms with Gasteiger partial charge in [-0.1, -0.05) is 68.2 Å². The van der Waals surface area contributed by atoms with Gasteiger partial charge >= 0.3 is 5.97 Å². The highest BCUT2D eigenvalue weighted by Crippen LogP contribution is 2.17. The Balaban J connectivity index is 2.69. The van der Waals surface area contributed by atoms with Crippen LogP contribution >= 0.6 is 0 Å². The molecular weight excluding hydrogens is 290 g/mol. The minimum absolute atomic E-state index is 0.306. The van der Waals surface area contributed by atoms with Gasteiger partial charge in [-0.15, -0.1) is 0 Å². The lowest BCUT2D eigenvalue weighted by molar-refractivity contribution is -0.136. The highest BCUT2D eigenvalue weighted by Gasteiger charge is 2.23. The van der Waals surface area contributed by atoms with E-state index in [1.165, 1.54) is 6.08 Å². The van der Waals surface area contributed by atoms with E-state index < -0.39 is 14.0 Å². The molecule has 0 atom stereocenters. The molecule has 0 unspecified atom stereocenters. The molecule has 0 fully saturated rings. The fraction of sp³-hybridized carbons (Fsp3) is 0.222. The Morgan fingerprint density at radius 1 is 1.36 bits per heavy atom. The van der Waals surface area contributed by atoms with Crippen LogP contribution in [0.15, 0.2) is 61.2 Å². The lowest BCUT2D eigenvalue weighted by atomic mass is 10.1. The minimum atomic E-state index is -1.72. The van der Waals surface area contributed by atoms with Gasteiger partial charge in [-0.2, -0.15) is 5.26 Å². The number of nitriles is 1. The summed E-state index contributed by atoms with van der Waals surface area (Å²) in [6, 6.07) is 11.9. The first-order valence-electron chi connectivity index (χ1n) is 7.02. The number of hydrogen-bond acceptors (Lipinski definition) is 3. The van der Waals surface area contributed by atoms with Crippen LogP contribution in [0.2, 0.25) is 19.1 Å². The summed E-state index contributed by atoms with van der Waals surface area (Å²) in [7, 11) is -1.72. The smallest absolute Gasteiger partial charge is 0.331 e. The zero-order valence-corrected chi connectivity index (χ0v) is 14.1. The maximum Gasteiger partial charge on any atom is 0.331 e. The zero-order chi connectivity index (χ0) is 16.6. The number of carbonyl (C=O) groups is 1. The molecule has 0 spiro atoms. The quantitative estimate of drug-likeness (QED) is 0.250. The maximum atomic E-state index is 11.9. The van der Waals surface area contributed by atoms with Crippen molar-refractivity contribution in [2.45, 2.75) is 19.1 Å². The summed E-state index contributed by atoms with van der Waals surface area (Å²) >= 11 is 0. The number of esters is 1. The van der Waals surface area contributed by atoms with Crippen LogP contribution < -0.4 is 0 Å². The Kier molecular flexibility index (Phi) is 6.55. The predicted octanol–water partition coefficient (Wildman–Crippen LogP) is 4.13. The van der Waals surface area contributed by atoms with Crippen LogP contribution in [0.3, 0.4) is 0 Å². The molecule has 0 aliphatic carbocycles. The van der Waals surface area contributed by atoms with E-state index in [2.05, 4.69) is 26.3 Å². The van der Waals surface area contributed by atoms with Gasteiger partial charge in [-0.25, -0.2) is 4.79 Å². The van der Waals surface area contributed by atoms with Crippen LogP contribution in [0.25, 0.3) is 5.57 Å². The third-order valence-corrected chi connectivity index (χ3v) is 5.40. The van der Waals surface area contributed by atoms with E-state index in [0.717, 1.165) is 11.6 Å². The molecule has 4 heteroatoms. The Bertz CT molecular complexity index is 624. The monoisotopic (exact) mass is 311 g/mol. The van der Waals surface area contributed by atoms with E-state index in [9.17, 15) is 4.79 Å². The Labute approximate surface area is 133 Å². The molecule has 0 amide bonds. The molecule has 0 saturated carbocycles. The number of ether oxygens (including phenoxy) is 1. The van der Waals surface area contributed by atoms with Crippen molar-refractivity contribution in [3.63, 3.8) is 0 Å². The molecule has 1 rings (SSSR count). The SMILES string of the molecule is C=CC(=C)C[Si](C)(C)COC(=O)/C=C(\C#N)c1ccccc1. The van der Waals surface area contributed by atoms with Gasteiger partial charge in [0, 0.05) is 6.08 Å². The van der Waals surface area contributed by atoms with Crippen molar-refractivity contribution >= 4 is 19.6 Å². The third kappa shape index (κ3) is 5.94. The molecule has 0 N–H and O–H groups in total. The van der Waals surface area contributed by atoms with Crippen LogP contribution in [-0.2, 0) is 9.53 Å². The average Bonchev–Trinajstić information content (AvgIpc) is 2.51. The van der Waals surface area contributed by atoms with E-state index in [-0.39, 0.29) is 0 Å². The van der Waals surface area contributed by atoms with Gasteiger partial charge in [0.25, 0.3) is 0 Å². The molecule has 0 bridgehead atoms. The Morgan fingerprint density at radius 3 is 2.55 bits per heavy atom. The first-order chi connectivity index (χ1) is 10.4. The third-order valence-electron chi connectivity index (χ3n) is 3.07. The fourth-order valence-electron chi connectivity index (χ4n) is 1.96. The molecule has 0 aliphatic rings. The second-order valence-electron chi connectivity index (χ2n) is 5.85. The molecular formula is C18H21NO2Si. The molecule has 0 aromatic heterocycles. The van der Waals surface area contributed by atoms with Crippen molar-refractivity contribution < 1.29 is 9.53 Å². The van der Waals surface area contributed by atoms with Gasteiger partial charge in [-0.05, 0) is 11.6 Å². The summed E-state index contributed by atoms with van der Waals surface area (Å²) in [5.41, 5.74) is 1.98. The van der Waals surface area contributed by atoms with E-state index in [1.54, 1.807) is 18.2 Å². The summed E-state index contributed by atoms with van der Waals surface area (Å²) in [4.78, 5) is 11.9. The van der Waals surface area contributed by atoms with Crippen LogP contribution in [0.4, 0.5) is 0 Å². The van der Waals surface area contributed by atoms with Gasteiger partial charge in [0.15, 0.2) is 0 Å². The van der Waals surface area contributed by atoms with Crippen LogP contribution in [0.1, 0.15) is 5.56 Å².